The zero-order valence-corrected chi connectivity index (χ0v) is 16.1. The van der Waals surface area contributed by atoms with E-state index in [1.165, 1.54) is 0 Å². The molecule has 4 nitrogen and oxygen atoms in total. The molecule has 0 amide bonds. The summed E-state index contributed by atoms with van der Waals surface area (Å²) >= 11 is 0. The molecule has 0 saturated heterocycles. The minimum atomic E-state index is -3.86. The van der Waals surface area contributed by atoms with Gasteiger partial charge in [-0.15, -0.1) is 8.80 Å². The number of hydrogen-bond acceptors (Lipinski definition) is 2. The van der Waals surface area contributed by atoms with E-state index in [2.05, 4.69) is 59.9 Å². The molecule has 0 bridgehead atoms. The molecule has 0 radical (unpaired) electrons. The average molecular weight is 374 g/mol. The van der Waals surface area contributed by atoms with Gasteiger partial charge in [0.2, 0.25) is 0 Å². The van der Waals surface area contributed by atoms with Crippen molar-refractivity contribution in [2.45, 2.75) is 26.2 Å². The summed E-state index contributed by atoms with van der Waals surface area (Å²) in [6.07, 6.45) is 0. The van der Waals surface area contributed by atoms with Gasteiger partial charge in [-0.3, -0.25) is 0 Å². The van der Waals surface area contributed by atoms with Crippen LogP contribution in [-0.4, -0.2) is 8.42 Å². The fraction of sp³-hybridized carbons (Fsp3) is 0.182. The summed E-state index contributed by atoms with van der Waals surface area (Å²) in [5, 5.41) is 6.65. The Morgan fingerprint density at radius 1 is 0.741 bits per heavy atom. The van der Waals surface area contributed by atoms with Gasteiger partial charge in [0.1, 0.15) is 10.7 Å². The van der Waals surface area contributed by atoms with E-state index in [0.29, 0.717) is 10.7 Å². The molecular formula is C22H18N2O2S. The molecule has 5 rings (SSSR count). The van der Waals surface area contributed by atoms with Crippen LogP contribution in [-0.2, 0) is 15.6 Å². The first-order chi connectivity index (χ1) is 12.7. The lowest BCUT2D eigenvalue weighted by Gasteiger charge is -2.20. The Labute approximate surface area is 157 Å². The summed E-state index contributed by atoms with van der Waals surface area (Å²) in [6.45, 7) is 6.42. The van der Waals surface area contributed by atoms with Gasteiger partial charge in [-0.05, 0) is 38.6 Å². The van der Waals surface area contributed by atoms with Crippen LogP contribution >= 0.6 is 0 Å². The van der Waals surface area contributed by atoms with Crippen LogP contribution in [0, 0.1) is 0 Å². The molecule has 0 aromatic heterocycles. The van der Waals surface area contributed by atoms with Gasteiger partial charge in [-0.1, -0.05) is 69.3 Å². The maximum absolute atomic E-state index is 12.3. The largest absolute Gasteiger partial charge is 0.364 e. The summed E-state index contributed by atoms with van der Waals surface area (Å²) in [5.41, 5.74) is 1.09. The van der Waals surface area contributed by atoms with Gasteiger partial charge in [-0.2, -0.15) is 8.42 Å². The van der Waals surface area contributed by atoms with E-state index < -0.39 is 10.2 Å². The Morgan fingerprint density at radius 2 is 1.44 bits per heavy atom. The number of rotatable bonds is 0. The molecule has 1 heterocycles. The molecule has 0 N–H and O–H groups in total. The van der Waals surface area contributed by atoms with Crippen LogP contribution in [0.5, 0.6) is 0 Å². The van der Waals surface area contributed by atoms with Crippen LogP contribution in [0.15, 0.2) is 63.4 Å². The summed E-state index contributed by atoms with van der Waals surface area (Å²) in [5.74, 6) is 0. The third-order valence-electron chi connectivity index (χ3n) is 5.23. The highest BCUT2D eigenvalue weighted by atomic mass is 32.2. The van der Waals surface area contributed by atoms with E-state index in [1.54, 1.807) is 0 Å². The van der Waals surface area contributed by atoms with Gasteiger partial charge in [0.25, 0.3) is 0 Å². The Balaban J connectivity index is 2.13. The van der Waals surface area contributed by atoms with Gasteiger partial charge in [0, 0.05) is 10.8 Å². The second kappa shape index (κ2) is 5.14. The van der Waals surface area contributed by atoms with Gasteiger partial charge in [0.05, 0.1) is 0 Å². The summed E-state index contributed by atoms with van der Waals surface area (Å²) in [7, 11) is -3.86. The monoisotopic (exact) mass is 374 g/mol. The molecular weight excluding hydrogens is 356 g/mol. The van der Waals surface area contributed by atoms with Crippen molar-refractivity contribution < 1.29 is 8.42 Å². The van der Waals surface area contributed by atoms with Crippen molar-refractivity contribution in [2.75, 3.05) is 0 Å². The lowest BCUT2D eigenvalue weighted by molar-refractivity contribution is 0.591. The van der Waals surface area contributed by atoms with Crippen molar-refractivity contribution in [2.24, 2.45) is 8.80 Å². The second-order valence-electron chi connectivity index (χ2n) is 8.05. The molecule has 0 fully saturated rings. The SMILES string of the molecule is CC(C)(C)c1ccc2c(c1)c1c(c3c4ccccc4ccc23)=NS(=O)(=O)N=1. The van der Waals surface area contributed by atoms with Crippen molar-refractivity contribution >= 4 is 42.5 Å². The zero-order chi connectivity index (χ0) is 19.0. The standard InChI is InChI=1S/C22H18N2O2S/c1-22(2,3)14-9-11-16-17-10-8-13-6-4-5-7-15(13)19(17)21-20(18(16)12-14)23-27(25,26)24-21/h4-12H,1-3H3. The van der Waals surface area contributed by atoms with Crippen LogP contribution in [0.2, 0.25) is 0 Å². The Kier molecular flexibility index (Phi) is 3.12. The molecule has 0 saturated carbocycles. The highest BCUT2D eigenvalue weighted by molar-refractivity contribution is 7.88. The molecule has 0 atom stereocenters. The van der Waals surface area contributed by atoms with Crippen molar-refractivity contribution in [1.29, 1.82) is 0 Å². The number of nitrogens with zero attached hydrogens (tertiary/aromatic N) is 2. The Morgan fingerprint density at radius 3 is 2.22 bits per heavy atom. The third-order valence-corrected chi connectivity index (χ3v) is 6.06. The minimum Gasteiger partial charge on any atom is -0.179 e. The highest BCUT2D eigenvalue weighted by Crippen LogP contribution is 2.31. The van der Waals surface area contributed by atoms with Crippen LogP contribution in [0.25, 0.3) is 32.3 Å². The number of hydrogen-bond donors (Lipinski definition) is 0. The fourth-order valence-corrected chi connectivity index (χ4v) is 4.74. The lowest BCUT2D eigenvalue weighted by Crippen LogP contribution is -2.24. The highest BCUT2D eigenvalue weighted by Gasteiger charge is 2.21. The van der Waals surface area contributed by atoms with Crippen molar-refractivity contribution in [1.82, 2.24) is 0 Å². The van der Waals surface area contributed by atoms with E-state index in [1.807, 2.05) is 24.3 Å². The molecule has 0 unspecified atom stereocenters. The normalized spacial score (nSPS) is 15.7. The van der Waals surface area contributed by atoms with Crippen molar-refractivity contribution in [3.05, 3.63) is 70.9 Å². The van der Waals surface area contributed by atoms with E-state index in [4.69, 9.17) is 0 Å². The molecule has 0 spiro atoms. The van der Waals surface area contributed by atoms with E-state index in [9.17, 15) is 8.42 Å². The maximum Gasteiger partial charge on any atom is 0.364 e. The number of benzene rings is 4. The predicted molar refractivity (Wildman–Crippen MR) is 109 cm³/mol. The average Bonchev–Trinajstić information content (AvgIpc) is 2.95. The van der Waals surface area contributed by atoms with Gasteiger partial charge >= 0.3 is 10.2 Å². The molecule has 134 valence electrons. The predicted octanol–water partition coefficient (Wildman–Crippen LogP) is 3.94. The quantitative estimate of drug-likeness (QED) is 0.438. The number of fused-ring (bicyclic) bond motifs is 8. The first-order valence-corrected chi connectivity index (χ1v) is 10.3. The summed E-state index contributed by atoms with van der Waals surface area (Å²) < 4.78 is 32.5. The van der Waals surface area contributed by atoms with Crippen molar-refractivity contribution in [3.8, 4) is 0 Å². The molecule has 1 aliphatic rings. The Bertz CT molecular complexity index is 1510. The molecule has 4 aromatic carbocycles. The molecule has 0 aliphatic carbocycles. The third kappa shape index (κ3) is 2.38. The van der Waals surface area contributed by atoms with E-state index in [0.717, 1.165) is 37.9 Å². The van der Waals surface area contributed by atoms with Crippen LogP contribution in [0.3, 0.4) is 0 Å². The van der Waals surface area contributed by atoms with E-state index >= 15 is 0 Å². The smallest absolute Gasteiger partial charge is 0.179 e. The molecule has 4 aromatic rings. The topological polar surface area (TPSA) is 58.9 Å². The fourth-order valence-electron chi connectivity index (χ4n) is 3.87. The van der Waals surface area contributed by atoms with Gasteiger partial charge in [0.15, 0.2) is 0 Å². The van der Waals surface area contributed by atoms with E-state index in [-0.39, 0.29) is 5.41 Å². The van der Waals surface area contributed by atoms with Crippen LogP contribution in [0.1, 0.15) is 26.3 Å². The first-order valence-electron chi connectivity index (χ1n) is 8.87. The first kappa shape index (κ1) is 16.4. The summed E-state index contributed by atoms with van der Waals surface area (Å²) in [6, 6.07) is 18.3. The second-order valence-corrected chi connectivity index (χ2v) is 9.31. The van der Waals surface area contributed by atoms with Crippen molar-refractivity contribution in [3.63, 3.8) is 0 Å². The Hall–Kier alpha value is -2.79. The zero-order valence-electron chi connectivity index (χ0n) is 15.3. The van der Waals surface area contributed by atoms with Gasteiger partial charge < -0.3 is 0 Å². The molecule has 5 heteroatoms. The van der Waals surface area contributed by atoms with Crippen LogP contribution < -0.4 is 10.7 Å². The molecule has 1 aliphatic heterocycles. The lowest BCUT2D eigenvalue weighted by atomic mass is 9.85. The minimum absolute atomic E-state index is 0.0476. The maximum atomic E-state index is 12.3. The van der Waals surface area contributed by atoms with Gasteiger partial charge in [-0.25, -0.2) is 0 Å². The summed E-state index contributed by atoms with van der Waals surface area (Å²) in [4.78, 5) is 0. The molecule has 27 heavy (non-hydrogen) atoms. The van der Waals surface area contributed by atoms with Crippen LogP contribution in [0.4, 0.5) is 0 Å².